The molecule has 0 aliphatic rings. The van der Waals surface area contributed by atoms with E-state index in [0.29, 0.717) is 18.9 Å². The summed E-state index contributed by atoms with van der Waals surface area (Å²) >= 11 is 0. The number of rotatable bonds is 5. The third-order valence-corrected chi connectivity index (χ3v) is 2.04. The van der Waals surface area contributed by atoms with Crippen LogP contribution in [0.1, 0.15) is 53.9 Å². The van der Waals surface area contributed by atoms with Gasteiger partial charge in [-0.2, -0.15) is 0 Å². The van der Waals surface area contributed by atoms with Crippen LogP contribution in [0.2, 0.25) is 0 Å². The summed E-state index contributed by atoms with van der Waals surface area (Å²) in [7, 11) is 0. The van der Waals surface area contributed by atoms with E-state index >= 15 is 0 Å². The van der Waals surface area contributed by atoms with E-state index in [4.69, 9.17) is 4.74 Å². The number of hydrogen-bond donors (Lipinski definition) is 0. The lowest BCUT2D eigenvalue weighted by atomic mass is 9.93. The topological polar surface area (TPSA) is 26.3 Å². The third kappa shape index (κ3) is 9.56. The summed E-state index contributed by atoms with van der Waals surface area (Å²) in [6.07, 6.45) is 2.41. The van der Waals surface area contributed by atoms with E-state index in [1.807, 2.05) is 0 Å². The van der Waals surface area contributed by atoms with Gasteiger partial charge in [0.05, 0.1) is 6.61 Å². The summed E-state index contributed by atoms with van der Waals surface area (Å²) in [4.78, 5) is 11.2. The molecule has 0 aromatic heterocycles. The molecule has 0 atom stereocenters. The zero-order valence-electron chi connectivity index (χ0n) is 10.2. The summed E-state index contributed by atoms with van der Waals surface area (Å²) in [5, 5.41) is 0. The van der Waals surface area contributed by atoms with Crippen LogP contribution < -0.4 is 0 Å². The highest BCUT2D eigenvalue weighted by Gasteiger charge is 2.11. The first kappa shape index (κ1) is 13.5. The summed E-state index contributed by atoms with van der Waals surface area (Å²) in [6.45, 7) is 11.2. The van der Waals surface area contributed by atoms with Crippen molar-refractivity contribution in [1.29, 1.82) is 0 Å². The van der Waals surface area contributed by atoms with Gasteiger partial charge in [0.15, 0.2) is 0 Å². The highest BCUT2D eigenvalue weighted by Crippen LogP contribution is 2.18. The second-order valence-electron chi connectivity index (χ2n) is 5.46. The Morgan fingerprint density at radius 2 is 1.86 bits per heavy atom. The van der Waals surface area contributed by atoms with Crippen molar-refractivity contribution in [3.63, 3.8) is 0 Å². The van der Waals surface area contributed by atoms with Gasteiger partial charge >= 0.3 is 5.97 Å². The summed E-state index contributed by atoms with van der Waals surface area (Å²) in [5.41, 5.74) is 0.248. The lowest BCUT2D eigenvalue weighted by Crippen LogP contribution is -2.13. The van der Waals surface area contributed by atoms with Crippen LogP contribution in [-0.2, 0) is 9.53 Å². The van der Waals surface area contributed by atoms with E-state index in [1.54, 1.807) is 0 Å². The fourth-order valence-electron chi connectivity index (χ4n) is 0.950. The van der Waals surface area contributed by atoms with Gasteiger partial charge in [0, 0.05) is 6.42 Å². The zero-order valence-corrected chi connectivity index (χ0v) is 10.2. The molecule has 0 fully saturated rings. The minimum absolute atomic E-state index is 0.0528. The third-order valence-electron chi connectivity index (χ3n) is 2.04. The second kappa shape index (κ2) is 6.05. The van der Waals surface area contributed by atoms with Crippen LogP contribution in [0.3, 0.4) is 0 Å². The molecule has 0 rings (SSSR count). The average Bonchev–Trinajstić information content (AvgIpc) is 1.98. The molecule has 0 aromatic carbocycles. The Hall–Kier alpha value is -0.530. The molecule has 84 valence electrons. The van der Waals surface area contributed by atoms with Crippen molar-refractivity contribution in [1.82, 2.24) is 0 Å². The first-order chi connectivity index (χ1) is 6.31. The molecule has 0 radical (unpaired) electrons. The Morgan fingerprint density at radius 1 is 1.29 bits per heavy atom. The Kier molecular flexibility index (Phi) is 5.82. The first-order valence-corrected chi connectivity index (χ1v) is 5.47. The van der Waals surface area contributed by atoms with Crippen LogP contribution in [0.25, 0.3) is 0 Å². The first-order valence-electron chi connectivity index (χ1n) is 5.47. The molecule has 0 aliphatic heterocycles. The largest absolute Gasteiger partial charge is 0.466 e. The van der Waals surface area contributed by atoms with Crippen LogP contribution >= 0.6 is 0 Å². The van der Waals surface area contributed by atoms with Crippen molar-refractivity contribution in [3.8, 4) is 0 Å². The van der Waals surface area contributed by atoms with Crippen LogP contribution in [-0.4, -0.2) is 12.6 Å². The van der Waals surface area contributed by atoms with E-state index in [1.165, 1.54) is 0 Å². The minimum atomic E-state index is -0.0528. The molecule has 0 saturated heterocycles. The minimum Gasteiger partial charge on any atom is -0.466 e. The highest BCUT2D eigenvalue weighted by atomic mass is 16.5. The standard InChI is InChI=1S/C12H24O2/c1-10(2)6-7-11(13)14-9-8-12(3,4)5/h10H,6-9H2,1-5H3. The molecule has 0 spiro atoms. The van der Waals surface area contributed by atoms with Gasteiger partial charge in [-0.25, -0.2) is 0 Å². The van der Waals surface area contributed by atoms with Gasteiger partial charge < -0.3 is 4.74 Å². The van der Waals surface area contributed by atoms with Crippen LogP contribution in [0.5, 0.6) is 0 Å². The maximum Gasteiger partial charge on any atom is 0.305 e. The molecular weight excluding hydrogens is 176 g/mol. The Balaban J connectivity index is 3.46. The Bertz CT molecular complexity index is 166. The number of hydrogen-bond acceptors (Lipinski definition) is 2. The summed E-state index contributed by atoms with van der Waals surface area (Å²) in [5.74, 6) is 0.521. The maximum absolute atomic E-state index is 11.2. The average molecular weight is 200 g/mol. The van der Waals surface area contributed by atoms with Crippen molar-refractivity contribution >= 4 is 5.97 Å². The lowest BCUT2D eigenvalue weighted by Gasteiger charge is -2.17. The van der Waals surface area contributed by atoms with Crippen molar-refractivity contribution in [3.05, 3.63) is 0 Å². The normalized spacial score (nSPS) is 11.9. The van der Waals surface area contributed by atoms with Crippen LogP contribution in [0, 0.1) is 11.3 Å². The van der Waals surface area contributed by atoms with Gasteiger partial charge in [-0.15, -0.1) is 0 Å². The van der Waals surface area contributed by atoms with Gasteiger partial charge in [-0.1, -0.05) is 34.6 Å². The van der Waals surface area contributed by atoms with Crippen molar-refractivity contribution < 1.29 is 9.53 Å². The smallest absolute Gasteiger partial charge is 0.305 e. The van der Waals surface area contributed by atoms with Gasteiger partial charge in [0.1, 0.15) is 0 Å². The van der Waals surface area contributed by atoms with E-state index in [-0.39, 0.29) is 11.4 Å². The summed E-state index contributed by atoms with van der Waals surface area (Å²) < 4.78 is 5.13. The van der Waals surface area contributed by atoms with Gasteiger partial charge in [0.25, 0.3) is 0 Å². The van der Waals surface area contributed by atoms with Crippen molar-refractivity contribution in [2.75, 3.05) is 6.61 Å². The molecule has 0 aromatic rings. The number of carbonyl (C=O) groups excluding carboxylic acids is 1. The van der Waals surface area contributed by atoms with E-state index in [0.717, 1.165) is 12.8 Å². The van der Waals surface area contributed by atoms with E-state index < -0.39 is 0 Å². The molecule has 0 aliphatic carbocycles. The monoisotopic (exact) mass is 200 g/mol. The van der Waals surface area contributed by atoms with Gasteiger partial charge in [-0.3, -0.25) is 4.79 Å². The Morgan fingerprint density at radius 3 is 2.29 bits per heavy atom. The number of ether oxygens (including phenoxy) is 1. The molecule has 0 N–H and O–H groups in total. The Labute approximate surface area is 88.0 Å². The van der Waals surface area contributed by atoms with E-state index in [2.05, 4.69) is 34.6 Å². The zero-order chi connectivity index (χ0) is 11.2. The van der Waals surface area contributed by atoms with Crippen LogP contribution in [0.4, 0.5) is 0 Å². The highest BCUT2D eigenvalue weighted by molar-refractivity contribution is 5.69. The number of carbonyl (C=O) groups is 1. The van der Waals surface area contributed by atoms with Gasteiger partial charge in [0.2, 0.25) is 0 Å². The quantitative estimate of drug-likeness (QED) is 0.636. The lowest BCUT2D eigenvalue weighted by molar-refractivity contribution is -0.144. The molecule has 2 heteroatoms. The fourth-order valence-corrected chi connectivity index (χ4v) is 0.950. The second-order valence-corrected chi connectivity index (χ2v) is 5.46. The molecule has 14 heavy (non-hydrogen) atoms. The van der Waals surface area contributed by atoms with Crippen molar-refractivity contribution in [2.24, 2.45) is 11.3 Å². The predicted molar refractivity (Wildman–Crippen MR) is 59.1 cm³/mol. The molecular formula is C12H24O2. The van der Waals surface area contributed by atoms with E-state index in [9.17, 15) is 4.79 Å². The molecule has 0 amide bonds. The SMILES string of the molecule is CC(C)CCC(=O)OCCC(C)(C)C. The molecule has 0 unspecified atom stereocenters. The molecule has 0 bridgehead atoms. The molecule has 2 nitrogen and oxygen atoms in total. The molecule has 0 heterocycles. The van der Waals surface area contributed by atoms with Crippen molar-refractivity contribution in [2.45, 2.75) is 53.9 Å². The molecule has 0 saturated carbocycles. The van der Waals surface area contributed by atoms with Crippen LogP contribution in [0.15, 0.2) is 0 Å². The maximum atomic E-state index is 11.2. The summed E-state index contributed by atoms with van der Waals surface area (Å²) in [6, 6.07) is 0. The van der Waals surface area contributed by atoms with Gasteiger partial charge in [-0.05, 0) is 24.2 Å². The fraction of sp³-hybridized carbons (Fsp3) is 0.917. The number of esters is 1. The predicted octanol–water partition coefficient (Wildman–Crippen LogP) is 3.40.